The number of hydrogen-bond donors (Lipinski definition) is 8. The predicted molar refractivity (Wildman–Crippen MR) is 240 cm³/mol. The lowest BCUT2D eigenvalue weighted by atomic mass is 10.1. The fraction of sp³-hybridized carbons (Fsp3) is 0.526. The van der Waals surface area contributed by atoms with E-state index in [0.29, 0.717) is 11.3 Å². The number of alkyl carbamates (subject to hydrolysis) is 2. The Morgan fingerprint density at radius 2 is 1.73 bits per heavy atom. The van der Waals surface area contributed by atoms with Crippen LogP contribution in [-0.4, -0.2) is 129 Å². The second-order valence-corrected chi connectivity index (χ2v) is 19.3. The first-order chi connectivity index (χ1) is 33.5. The molecule has 2 amide bonds. The molecule has 0 aliphatic carbocycles. The number of imidazole rings is 1. The number of ether oxygens (including phenoxy) is 5. The van der Waals surface area contributed by atoms with Gasteiger partial charge in [0.2, 0.25) is 0 Å². The molecule has 4 aromatic rings. The topological polar surface area (TPSA) is 443 Å². The van der Waals surface area contributed by atoms with Gasteiger partial charge in [-0.15, -0.1) is 0 Å². The van der Waals surface area contributed by atoms with Gasteiger partial charge in [-0.05, 0) is 57.2 Å². The molecule has 0 radical (unpaired) electrons. The number of hydrogen-bond acceptors (Lipinski definition) is 22. The van der Waals surface area contributed by atoms with Gasteiger partial charge in [-0.3, -0.25) is 22.7 Å². The number of benzene rings is 1. The van der Waals surface area contributed by atoms with Gasteiger partial charge < -0.3 is 65.6 Å². The molecule has 3 aromatic heterocycles. The van der Waals surface area contributed by atoms with E-state index in [2.05, 4.69) is 45.1 Å². The third-order valence-electron chi connectivity index (χ3n) is 10.3. The Bertz CT molecular complexity index is 2730. The number of nitrogens with one attached hydrogen (secondary N) is 2. The molecule has 10 N–H and O–H groups in total. The lowest BCUT2D eigenvalue weighted by Crippen LogP contribution is -2.47. The van der Waals surface area contributed by atoms with Crippen molar-refractivity contribution in [3.8, 4) is 0 Å². The minimum absolute atomic E-state index is 0.0269. The molecule has 0 saturated carbocycles. The van der Waals surface area contributed by atoms with Crippen molar-refractivity contribution in [2.75, 3.05) is 31.2 Å². The first kappa shape index (κ1) is 54.0. The first-order valence-corrected chi connectivity index (χ1v) is 24.4. The predicted octanol–water partition coefficient (Wildman–Crippen LogP) is 2.25. The number of fused-ring (bicyclic) bond motifs is 1. The van der Waals surface area contributed by atoms with Gasteiger partial charge in [0.05, 0.1) is 19.5 Å². The Kier molecular flexibility index (Phi) is 17.7. The number of nitrogen functional groups attached to an aromatic ring is 2. The summed E-state index contributed by atoms with van der Waals surface area (Å²) in [6, 6.07) is 6.16. The molecule has 71 heavy (non-hydrogen) atoms. The fourth-order valence-corrected chi connectivity index (χ4v) is 8.39. The zero-order valence-electron chi connectivity index (χ0n) is 38.0. The number of aliphatic hydroxyl groups is 1. The smallest absolute Gasteiger partial charge is 0.455 e. The highest BCUT2D eigenvalue weighted by Crippen LogP contribution is 2.50. The van der Waals surface area contributed by atoms with E-state index < -0.39 is 107 Å². The van der Waals surface area contributed by atoms with Crippen molar-refractivity contribution in [1.82, 2.24) is 39.7 Å². The third-order valence-corrected chi connectivity index (χ3v) is 11.8. The van der Waals surface area contributed by atoms with Crippen LogP contribution in [0.15, 0.2) is 59.1 Å². The van der Waals surface area contributed by atoms with Crippen LogP contribution in [0.1, 0.15) is 64.5 Å². The summed E-state index contributed by atoms with van der Waals surface area (Å²) in [6.07, 6.45) is -9.11. The van der Waals surface area contributed by atoms with Crippen LogP contribution in [-0.2, 0) is 57.8 Å². The Balaban J connectivity index is 1.15. The van der Waals surface area contributed by atoms with Gasteiger partial charge in [0.25, 0.3) is 0 Å². The van der Waals surface area contributed by atoms with Gasteiger partial charge in [-0.2, -0.15) is 4.98 Å². The molecule has 0 spiro atoms. The normalized spacial score (nSPS) is 22.5. The van der Waals surface area contributed by atoms with E-state index >= 15 is 0 Å². The van der Waals surface area contributed by atoms with E-state index in [-0.39, 0.29) is 61.6 Å². The van der Waals surface area contributed by atoms with Crippen LogP contribution in [0.5, 0.6) is 0 Å². The molecule has 5 heterocycles. The van der Waals surface area contributed by atoms with E-state index in [4.69, 9.17) is 49.7 Å². The molecule has 6 rings (SSSR count). The van der Waals surface area contributed by atoms with E-state index in [1.165, 1.54) is 23.2 Å². The second kappa shape index (κ2) is 23.3. The van der Waals surface area contributed by atoms with E-state index in [9.17, 15) is 48.1 Å². The van der Waals surface area contributed by atoms with Crippen molar-refractivity contribution < 1.29 is 80.6 Å². The zero-order valence-corrected chi connectivity index (χ0v) is 39.8. The number of amides is 2. The summed E-state index contributed by atoms with van der Waals surface area (Å²) < 4.78 is 70.9. The van der Waals surface area contributed by atoms with Crippen LogP contribution in [0.3, 0.4) is 0 Å². The Morgan fingerprint density at radius 1 is 1.00 bits per heavy atom. The number of nitrogens with zero attached hydrogens (tertiary/aromatic N) is 9. The van der Waals surface area contributed by atoms with Crippen LogP contribution >= 0.6 is 15.6 Å². The zero-order chi connectivity index (χ0) is 51.7. The van der Waals surface area contributed by atoms with Crippen molar-refractivity contribution in [2.24, 2.45) is 5.11 Å². The van der Waals surface area contributed by atoms with Crippen molar-refractivity contribution >= 4 is 62.3 Å². The molecule has 2 fully saturated rings. The summed E-state index contributed by atoms with van der Waals surface area (Å²) in [4.78, 5) is 100. The average Bonchev–Trinajstić information content (AvgIpc) is 3.98. The monoisotopic (exact) mass is 1040 g/mol. The maximum Gasteiger partial charge on any atom is 0.472 e. The van der Waals surface area contributed by atoms with Crippen molar-refractivity contribution in [3.63, 3.8) is 0 Å². The number of phosphoric ester groups is 2. The number of aliphatic hydroxyl groups excluding tert-OH is 1. The fourth-order valence-electron chi connectivity index (χ4n) is 7.09. The van der Waals surface area contributed by atoms with E-state index in [1.807, 2.05) is 0 Å². The molecule has 2 aliphatic heterocycles. The van der Waals surface area contributed by atoms with Crippen LogP contribution in [0.2, 0.25) is 0 Å². The Morgan fingerprint density at radius 3 is 2.42 bits per heavy atom. The number of unbranched alkanes of at least 4 members (excludes halogenated alkanes) is 1. The van der Waals surface area contributed by atoms with Gasteiger partial charge in [-0.1, -0.05) is 29.4 Å². The van der Waals surface area contributed by atoms with Gasteiger partial charge in [0, 0.05) is 29.8 Å². The summed E-state index contributed by atoms with van der Waals surface area (Å²) in [5, 5.41) is 20.3. The van der Waals surface area contributed by atoms with Crippen LogP contribution in [0, 0.1) is 0 Å². The van der Waals surface area contributed by atoms with Crippen LogP contribution in [0.4, 0.5) is 26.9 Å². The number of aromatic nitrogens is 6. The Labute approximate surface area is 401 Å². The molecule has 2 aliphatic rings. The molecule has 31 nitrogen and oxygen atoms in total. The van der Waals surface area contributed by atoms with Crippen molar-refractivity contribution in [1.29, 1.82) is 0 Å². The van der Waals surface area contributed by atoms with E-state index in [0.717, 1.165) is 10.9 Å². The number of nitrogens with two attached hydrogens (primary N) is 2. The lowest BCUT2D eigenvalue weighted by Gasteiger charge is -2.26. The number of carbonyl (C=O) groups is 3. The molecule has 386 valence electrons. The summed E-state index contributed by atoms with van der Waals surface area (Å²) in [7, 11) is -10.4. The second-order valence-electron chi connectivity index (χ2n) is 16.7. The number of carbonyl (C=O) groups excluding carboxylic acids is 3. The number of anilines is 2. The van der Waals surface area contributed by atoms with E-state index in [1.54, 1.807) is 45.0 Å². The van der Waals surface area contributed by atoms with Gasteiger partial charge >= 0.3 is 39.5 Å². The molecule has 33 heteroatoms. The average molecular weight is 1040 g/mol. The summed E-state index contributed by atoms with van der Waals surface area (Å²) in [5.74, 6) is -1.27. The minimum atomic E-state index is -5.29. The van der Waals surface area contributed by atoms with Gasteiger partial charge in [0.15, 0.2) is 23.8 Å². The quantitative estimate of drug-likeness (QED) is 0.0113. The molecular formula is C38H51N13O18P2. The van der Waals surface area contributed by atoms with Gasteiger partial charge in [0.1, 0.15) is 66.6 Å². The molecule has 2 saturated heterocycles. The SMILES string of the molecule is CC(C)(C)OC(=O)NC(CCCCNC(=O)OCc1ccc(N=[N+]=[N-])cc1)C(=O)O[C@H]1[C@@H](O)[C@H](n2cnc3c(N)ncnc32)O[C@@H]1COP(=O)(O)O[C@H]1C[C@H](n2ccc(N)nc2=O)O[C@@H]1COP(=O)(O)O. The van der Waals surface area contributed by atoms with Crippen molar-refractivity contribution in [2.45, 2.75) is 108 Å². The molecule has 9 atom stereocenters. The van der Waals surface area contributed by atoms with Crippen LogP contribution < -0.4 is 27.8 Å². The number of phosphoric acid groups is 2. The summed E-state index contributed by atoms with van der Waals surface area (Å²) in [5.41, 5.74) is 19.4. The standard InChI is InChI=1S/C38H51N13O18P2/c1-38(2,3)68-37(56)46-22(6-4-5-12-42-36(55)62-15-20-7-9-21(10-8-20)48-49-41)34(53)67-30-25(66-33(29(30)52)51-19-45-28-31(40)43-18-44-32(28)51)17-64-71(60,61)69-23-14-27(50-13-11-26(39)47-35(50)54)65-24(23)16-63-70(57,58)59/h7-11,13,18-19,22-25,27,29-30,33,52H,4-6,12,14-17H2,1-3H3,(H,42,55)(H,46,56)(H,60,61)(H2,39,47,54)(H2,40,43,44)(H2,57,58,59)/t22?,23-,24+,25+,27+,29+,30+,33+/m0/s1. The molecule has 1 aromatic carbocycles. The lowest BCUT2D eigenvalue weighted by molar-refractivity contribution is -0.159. The van der Waals surface area contributed by atoms with Gasteiger partial charge in [-0.25, -0.2) is 43.3 Å². The minimum Gasteiger partial charge on any atom is -0.455 e. The highest BCUT2D eigenvalue weighted by atomic mass is 31.2. The number of rotatable bonds is 21. The molecular weight excluding hydrogens is 988 g/mol. The number of azide groups is 1. The molecule has 0 bridgehead atoms. The maximum atomic E-state index is 14.1. The number of esters is 1. The highest BCUT2D eigenvalue weighted by molar-refractivity contribution is 7.47. The third kappa shape index (κ3) is 15.3. The Hall–Kier alpha value is -6.33. The first-order valence-electron chi connectivity index (χ1n) is 21.4. The molecule has 2 unspecified atom stereocenters. The largest absolute Gasteiger partial charge is 0.472 e. The van der Waals surface area contributed by atoms with Crippen molar-refractivity contribution in [3.05, 3.63) is 75.7 Å². The summed E-state index contributed by atoms with van der Waals surface area (Å²) >= 11 is 0. The maximum absolute atomic E-state index is 14.1. The summed E-state index contributed by atoms with van der Waals surface area (Å²) in [6.45, 7) is 2.95. The van der Waals surface area contributed by atoms with Crippen LogP contribution in [0.25, 0.3) is 21.6 Å². The highest BCUT2D eigenvalue weighted by Gasteiger charge is 2.50.